The first-order valence-electron chi connectivity index (χ1n) is 3.82. The van der Waals surface area contributed by atoms with Gasteiger partial charge in [0.1, 0.15) is 0 Å². The summed E-state index contributed by atoms with van der Waals surface area (Å²) >= 11 is 1.22. The van der Waals surface area contributed by atoms with Gasteiger partial charge < -0.3 is 0 Å². The Labute approximate surface area is 76.2 Å². The Bertz CT molecular complexity index is 268. The molecule has 1 rings (SSSR count). The number of rotatable bonds is 1. The highest BCUT2D eigenvalue weighted by Gasteiger charge is 2.12. The van der Waals surface area contributed by atoms with Crippen molar-refractivity contribution in [2.45, 2.75) is 27.7 Å². The zero-order valence-corrected chi connectivity index (χ0v) is 8.57. The smallest absolute Gasteiger partial charge is 0.258 e. The van der Waals surface area contributed by atoms with Crippen LogP contribution in [0.5, 0.6) is 0 Å². The molecule has 0 aliphatic rings. The van der Waals surface area contributed by atoms with Crippen LogP contribution in [-0.2, 0) is 0 Å². The standard InChI is InChI=1S/C6H7NO2S.C2H6/c1-4-3-5(2)10-6(4)7(8)9;1-2/h3H,1-2H3;1-2H3. The molecule has 0 unspecified atom stereocenters. The molecule has 68 valence electrons. The highest BCUT2D eigenvalue weighted by atomic mass is 32.1. The molecule has 0 aliphatic heterocycles. The summed E-state index contributed by atoms with van der Waals surface area (Å²) in [5.74, 6) is 0. The lowest BCUT2D eigenvalue weighted by Gasteiger charge is -1.83. The molecule has 0 spiro atoms. The van der Waals surface area contributed by atoms with Gasteiger partial charge in [0.2, 0.25) is 0 Å². The van der Waals surface area contributed by atoms with Gasteiger partial charge in [-0.1, -0.05) is 25.2 Å². The lowest BCUT2D eigenvalue weighted by Crippen LogP contribution is -1.84. The van der Waals surface area contributed by atoms with Gasteiger partial charge in [0.15, 0.2) is 0 Å². The molecule has 0 fully saturated rings. The quantitative estimate of drug-likeness (QED) is 0.500. The van der Waals surface area contributed by atoms with Crippen molar-refractivity contribution in [2.75, 3.05) is 0 Å². The third-order valence-electron chi connectivity index (χ3n) is 1.18. The van der Waals surface area contributed by atoms with Crippen LogP contribution in [0.1, 0.15) is 24.3 Å². The second-order valence-corrected chi connectivity index (χ2v) is 3.34. The maximum atomic E-state index is 10.3. The molecule has 4 heteroatoms. The van der Waals surface area contributed by atoms with Crippen LogP contribution in [0.25, 0.3) is 0 Å². The van der Waals surface area contributed by atoms with Crippen molar-refractivity contribution in [1.82, 2.24) is 0 Å². The van der Waals surface area contributed by atoms with Crippen LogP contribution in [0.15, 0.2) is 6.07 Å². The normalized spacial score (nSPS) is 8.67. The first-order valence-corrected chi connectivity index (χ1v) is 4.64. The number of thiophene rings is 1. The van der Waals surface area contributed by atoms with Crippen LogP contribution in [0.2, 0.25) is 0 Å². The van der Waals surface area contributed by atoms with Gasteiger partial charge in [-0.25, -0.2) is 0 Å². The average molecular weight is 187 g/mol. The van der Waals surface area contributed by atoms with Gasteiger partial charge in [0.25, 0.3) is 0 Å². The number of nitro groups is 1. The van der Waals surface area contributed by atoms with E-state index in [1.807, 2.05) is 26.8 Å². The van der Waals surface area contributed by atoms with E-state index in [9.17, 15) is 10.1 Å². The van der Waals surface area contributed by atoms with Gasteiger partial charge in [-0.3, -0.25) is 10.1 Å². The van der Waals surface area contributed by atoms with E-state index >= 15 is 0 Å². The third kappa shape index (κ3) is 2.62. The maximum Gasteiger partial charge on any atom is 0.327 e. The number of hydrogen-bond acceptors (Lipinski definition) is 3. The fourth-order valence-corrected chi connectivity index (χ4v) is 1.65. The van der Waals surface area contributed by atoms with E-state index in [1.54, 1.807) is 6.92 Å². The summed E-state index contributed by atoms with van der Waals surface area (Å²) in [5.41, 5.74) is 0.757. The average Bonchev–Trinajstić information content (AvgIpc) is 2.34. The van der Waals surface area contributed by atoms with Gasteiger partial charge >= 0.3 is 5.00 Å². The maximum absolute atomic E-state index is 10.3. The summed E-state index contributed by atoms with van der Waals surface area (Å²) in [6, 6.07) is 1.82. The molecule has 0 radical (unpaired) electrons. The molecule has 0 atom stereocenters. The van der Waals surface area contributed by atoms with Crippen LogP contribution >= 0.6 is 11.3 Å². The molecule has 0 saturated heterocycles. The Kier molecular flexibility index (Phi) is 4.51. The predicted molar refractivity (Wildman–Crippen MR) is 51.8 cm³/mol. The van der Waals surface area contributed by atoms with Gasteiger partial charge in [-0.05, 0) is 19.9 Å². The van der Waals surface area contributed by atoms with E-state index in [2.05, 4.69) is 0 Å². The van der Waals surface area contributed by atoms with E-state index < -0.39 is 0 Å². The lowest BCUT2D eigenvalue weighted by atomic mass is 10.3. The van der Waals surface area contributed by atoms with Crippen molar-refractivity contribution in [2.24, 2.45) is 0 Å². The fraction of sp³-hybridized carbons (Fsp3) is 0.500. The lowest BCUT2D eigenvalue weighted by molar-refractivity contribution is -0.380. The summed E-state index contributed by atoms with van der Waals surface area (Å²) in [5, 5.41) is 10.5. The Morgan fingerprint density at radius 2 is 1.92 bits per heavy atom. The van der Waals surface area contributed by atoms with E-state index in [4.69, 9.17) is 0 Å². The third-order valence-corrected chi connectivity index (χ3v) is 2.28. The van der Waals surface area contributed by atoms with E-state index in [-0.39, 0.29) is 9.92 Å². The first-order chi connectivity index (χ1) is 5.61. The monoisotopic (exact) mass is 187 g/mol. The SMILES string of the molecule is CC.Cc1cc(C)c([N+](=O)[O-])s1. The molecule has 0 saturated carbocycles. The van der Waals surface area contributed by atoms with Gasteiger partial charge in [0, 0.05) is 10.4 Å². The molecular weight excluding hydrogens is 174 g/mol. The largest absolute Gasteiger partial charge is 0.327 e. The molecular formula is C8H13NO2S. The topological polar surface area (TPSA) is 43.1 Å². The molecule has 0 bridgehead atoms. The molecule has 0 amide bonds. The van der Waals surface area contributed by atoms with Gasteiger partial charge in [-0.15, -0.1) is 0 Å². The number of nitrogens with zero attached hydrogens (tertiary/aromatic N) is 1. The zero-order chi connectivity index (χ0) is 9.72. The van der Waals surface area contributed by atoms with Crippen molar-refractivity contribution in [3.63, 3.8) is 0 Å². The molecule has 12 heavy (non-hydrogen) atoms. The molecule has 0 aromatic carbocycles. The van der Waals surface area contributed by atoms with Crippen LogP contribution in [0.4, 0.5) is 5.00 Å². The summed E-state index contributed by atoms with van der Waals surface area (Å²) in [7, 11) is 0. The minimum atomic E-state index is -0.340. The second kappa shape index (κ2) is 4.87. The molecule has 1 heterocycles. The van der Waals surface area contributed by atoms with Crippen LogP contribution < -0.4 is 0 Å². The Balaban J connectivity index is 0.000000561. The van der Waals surface area contributed by atoms with E-state index in [0.29, 0.717) is 0 Å². The number of hydrogen-bond donors (Lipinski definition) is 0. The minimum Gasteiger partial charge on any atom is -0.258 e. The van der Waals surface area contributed by atoms with Crippen molar-refractivity contribution in [3.05, 3.63) is 26.6 Å². The predicted octanol–water partition coefficient (Wildman–Crippen LogP) is 3.30. The summed E-state index contributed by atoms with van der Waals surface area (Å²) in [6.07, 6.45) is 0. The van der Waals surface area contributed by atoms with Crippen molar-refractivity contribution in [1.29, 1.82) is 0 Å². The van der Waals surface area contributed by atoms with Crippen LogP contribution in [-0.4, -0.2) is 4.92 Å². The first kappa shape index (κ1) is 11.1. The summed E-state index contributed by atoms with van der Waals surface area (Å²) < 4.78 is 0. The second-order valence-electron chi connectivity index (χ2n) is 2.10. The molecule has 0 N–H and O–H groups in total. The molecule has 0 aliphatic carbocycles. The van der Waals surface area contributed by atoms with Gasteiger partial charge in [0.05, 0.1) is 4.92 Å². The van der Waals surface area contributed by atoms with E-state index in [1.165, 1.54) is 11.3 Å². The summed E-state index contributed by atoms with van der Waals surface area (Å²) in [6.45, 7) is 7.62. The van der Waals surface area contributed by atoms with Crippen molar-refractivity contribution in [3.8, 4) is 0 Å². The van der Waals surface area contributed by atoms with Crippen LogP contribution in [0.3, 0.4) is 0 Å². The Morgan fingerprint density at radius 1 is 1.42 bits per heavy atom. The molecule has 1 aromatic heterocycles. The van der Waals surface area contributed by atoms with Crippen molar-refractivity contribution < 1.29 is 4.92 Å². The van der Waals surface area contributed by atoms with Crippen molar-refractivity contribution >= 4 is 16.3 Å². The fourth-order valence-electron chi connectivity index (χ4n) is 0.810. The van der Waals surface area contributed by atoms with Gasteiger partial charge in [-0.2, -0.15) is 0 Å². The highest BCUT2D eigenvalue weighted by Crippen LogP contribution is 2.28. The molecule has 1 aromatic rings. The number of aryl methyl sites for hydroxylation is 2. The molecule has 3 nitrogen and oxygen atoms in total. The Morgan fingerprint density at radius 3 is 2.08 bits per heavy atom. The zero-order valence-electron chi connectivity index (χ0n) is 7.75. The highest BCUT2D eigenvalue weighted by molar-refractivity contribution is 7.15. The summed E-state index contributed by atoms with van der Waals surface area (Å²) in [4.78, 5) is 10.9. The minimum absolute atomic E-state index is 0.262. The van der Waals surface area contributed by atoms with E-state index in [0.717, 1.165) is 10.4 Å². The Hall–Kier alpha value is -0.900. The van der Waals surface area contributed by atoms with Crippen LogP contribution in [0, 0.1) is 24.0 Å².